The Morgan fingerprint density at radius 3 is 2.46 bits per heavy atom. The Morgan fingerprint density at radius 2 is 1.83 bits per heavy atom. The molecule has 1 N–H and O–H groups in total. The number of rotatable bonds is 8. The average Bonchev–Trinajstić information content (AvgIpc) is 2.60. The predicted molar refractivity (Wildman–Crippen MR) is 107 cm³/mol. The lowest BCUT2D eigenvalue weighted by molar-refractivity contribution is 0.102. The minimum Gasteiger partial charge on any atom is -0.492 e. The maximum atomic E-state index is 12.2. The summed E-state index contributed by atoms with van der Waals surface area (Å²) in [6.07, 6.45) is 0. The van der Waals surface area contributed by atoms with Gasteiger partial charge in [0.25, 0.3) is 5.91 Å². The summed E-state index contributed by atoms with van der Waals surface area (Å²) in [7, 11) is 0. The number of halogens is 1. The highest BCUT2D eigenvalue weighted by molar-refractivity contribution is 14.1. The van der Waals surface area contributed by atoms with E-state index in [4.69, 9.17) is 4.74 Å². The van der Waals surface area contributed by atoms with E-state index in [0.717, 1.165) is 34.6 Å². The third kappa shape index (κ3) is 5.79. The van der Waals surface area contributed by atoms with Gasteiger partial charge in [-0.05, 0) is 78.1 Å². The Hall–Kier alpha value is -1.60. The van der Waals surface area contributed by atoms with E-state index in [1.807, 2.05) is 48.5 Å². The number of benzene rings is 2. The maximum absolute atomic E-state index is 12.2. The second kappa shape index (κ2) is 9.64. The van der Waals surface area contributed by atoms with Gasteiger partial charge in [-0.3, -0.25) is 4.79 Å². The van der Waals surface area contributed by atoms with Crippen molar-refractivity contribution in [1.82, 2.24) is 4.90 Å². The Labute approximate surface area is 157 Å². The van der Waals surface area contributed by atoms with Gasteiger partial charge in [-0.1, -0.05) is 19.9 Å². The van der Waals surface area contributed by atoms with Crippen LogP contribution in [0.1, 0.15) is 24.2 Å². The van der Waals surface area contributed by atoms with Gasteiger partial charge in [0.1, 0.15) is 12.4 Å². The number of nitrogens with one attached hydrogen (secondary N) is 1. The van der Waals surface area contributed by atoms with Crippen LogP contribution < -0.4 is 10.1 Å². The van der Waals surface area contributed by atoms with Gasteiger partial charge in [-0.25, -0.2) is 0 Å². The molecule has 0 heterocycles. The number of anilines is 1. The summed E-state index contributed by atoms with van der Waals surface area (Å²) in [5.74, 6) is 0.707. The van der Waals surface area contributed by atoms with Gasteiger partial charge in [0.15, 0.2) is 0 Å². The van der Waals surface area contributed by atoms with Crippen molar-refractivity contribution in [2.75, 3.05) is 31.6 Å². The lowest BCUT2D eigenvalue weighted by Crippen LogP contribution is -2.27. The van der Waals surface area contributed by atoms with Crippen molar-refractivity contribution in [3.05, 3.63) is 57.7 Å². The second-order valence-corrected chi connectivity index (χ2v) is 6.61. The molecule has 0 radical (unpaired) electrons. The Balaban J connectivity index is 1.86. The maximum Gasteiger partial charge on any atom is 0.255 e. The highest BCUT2D eigenvalue weighted by atomic mass is 127. The fourth-order valence-electron chi connectivity index (χ4n) is 2.30. The van der Waals surface area contributed by atoms with Gasteiger partial charge in [0, 0.05) is 21.4 Å². The molecule has 0 fully saturated rings. The molecular formula is C19H23IN2O2. The molecule has 0 saturated heterocycles. The largest absolute Gasteiger partial charge is 0.492 e. The van der Waals surface area contributed by atoms with Crippen LogP contribution in [0.15, 0.2) is 48.5 Å². The molecule has 0 aliphatic carbocycles. The van der Waals surface area contributed by atoms with E-state index in [1.165, 1.54) is 0 Å². The van der Waals surface area contributed by atoms with E-state index in [9.17, 15) is 4.79 Å². The summed E-state index contributed by atoms with van der Waals surface area (Å²) in [4.78, 5) is 14.5. The highest BCUT2D eigenvalue weighted by Gasteiger charge is 2.06. The van der Waals surface area contributed by atoms with Gasteiger partial charge in [-0.15, -0.1) is 0 Å². The topological polar surface area (TPSA) is 41.6 Å². The van der Waals surface area contributed by atoms with Crippen LogP contribution in [0.2, 0.25) is 0 Å². The molecule has 0 aromatic heterocycles. The molecule has 1 amide bonds. The first-order valence-electron chi connectivity index (χ1n) is 8.14. The van der Waals surface area contributed by atoms with Crippen LogP contribution in [0, 0.1) is 3.57 Å². The Bertz CT molecular complexity index is 655. The van der Waals surface area contributed by atoms with Crippen molar-refractivity contribution in [3.8, 4) is 5.75 Å². The van der Waals surface area contributed by atoms with Crippen molar-refractivity contribution in [2.45, 2.75) is 13.8 Å². The van der Waals surface area contributed by atoms with Gasteiger partial charge in [0.2, 0.25) is 0 Å². The molecular weight excluding hydrogens is 415 g/mol. The molecule has 0 atom stereocenters. The van der Waals surface area contributed by atoms with Crippen LogP contribution in [0.25, 0.3) is 0 Å². The number of nitrogens with zero attached hydrogens (tertiary/aromatic N) is 1. The Morgan fingerprint density at radius 1 is 1.12 bits per heavy atom. The average molecular weight is 438 g/mol. The zero-order chi connectivity index (χ0) is 17.4. The van der Waals surface area contributed by atoms with Gasteiger partial charge in [0.05, 0.1) is 0 Å². The lowest BCUT2D eigenvalue weighted by Gasteiger charge is -2.18. The summed E-state index contributed by atoms with van der Waals surface area (Å²) in [6, 6.07) is 15.0. The minimum absolute atomic E-state index is 0.108. The summed E-state index contributed by atoms with van der Waals surface area (Å²) in [5.41, 5.74) is 1.41. The van der Waals surface area contributed by atoms with Crippen molar-refractivity contribution in [2.24, 2.45) is 0 Å². The first-order valence-corrected chi connectivity index (χ1v) is 9.22. The third-order valence-electron chi connectivity index (χ3n) is 3.77. The van der Waals surface area contributed by atoms with Crippen LogP contribution in [-0.4, -0.2) is 37.0 Å². The molecule has 0 unspecified atom stereocenters. The van der Waals surface area contributed by atoms with Crippen LogP contribution >= 0.6 is 22.6 Å². The van der Waals surface area contributed by atoms with E-state index in [2.05, 4.69) is 46.7 Å². The standard InChI is InChI=1S/C19H23IN2O2/c1-3-22(4-2)12-13-24-18-10-8-17(9-11-18)21-19(23)15-6-5-7-16(20)14-15/h5-11,14H,3-4,12-13H2,1-2H3,(H,21,23). The van der Waals surface area contributed by atoms with Crippen molar-refractivity contribution in [1.29, 1.82) is 0 Å². The number of ether oxygens (including phenoxy) is 1. The third-order valence-corrected chi connectivity index (χ3v) is 4.44. The van der Waals surface area contributed by atoms with Gasteiger partial charge in [-0.2, -0.15) is 0 Å². The molecule has 0 aliphatic heterocycles. The smallest absolute Gasteiger partial charge is 0.255 e. The van der Waals surface area contributed by atoms with Gasteiger partial charge < -0.3 is 15.0 Å². The summed E-state index contributed by atoms with van der Waals surface area (Å²) in [5, 5.41) is 2.90. The number of hydrogen-bond acceptors (Lipinski definition) is 3. The number of likely N-dealkylation sites (N-methyl/N-ethyl adjacent to an activating group) is 1. The number of carbonyl (C=O) groups is 1. The van der Waals surface area contributed by atoms with Crippen LogP contribution in [0.4, 0.5) is 5.69 Å². The predicted octanol–water partition coefficient (Wildman–Crippen LogP) is 4.26. The molecule has 0 aliphatic rings. The van der Waals surface area contributed by atoms with E-state index in [1.54, 1.807) is 0 Å². The number of carbonyl (C=O) groups excluding carboxylic acids is 1. The normalized spacial score (nSPS) is 10.7. The summed E-state index contributed by atoms with van der Waals surface area (Å²) < 4.78 is 6.78. The number of hydrogen-bond donors (Lipinski definition) is 1. The van der Waals surface area contributed by atoms with E-state index < -0.39 is 0 Å². The Kier molecular flexibility index (Phi) is 7.52. The quantitative estimate of drug-likeness (QED) is 0.627. The van der Waals surface area contributed by atoms with Crippen molar-refractivity contribution < 1.29 is 9.53 Å². The monoisotopic (exact) mass is 438 g/mol. The molecule has 0 saturated carbocycles. The van der Waals surface area contributed by atoms with Crippen LogP contribution in [0.3, 0.4) is 0 Å². The first kappa shape index (κ1) is 18.7. The molecule has 4 nitrogen and oxygen atoms in total. The zero-order valence-corrected chi connectivity index (χ0v) is 16.2. The SMILES string of the molecule is CCN(CC)CCOc1ccc(NC(=O)c2cccc(I)c2)cc1. The molecule has 128 valence electrons. The molecule has 2 aromatic carbocycles. The first-order chi connectivity index (χ1) is 11.6. The molecule has 2 rings (SSSR count). The van der Waals surface area contributed by atoms with Gasteiger partial charge >= 0.3 is 0 Å². The van der Waals surface area contributed by atoms with E-state index in [0.29, 0.717) is 12.2 Å². The molecule has 5 heteroatoms. The lowest BCUT2D eigenvalue weighted by atomic mass is 10.2. The minimum atomic E-state index is -0.108. The van der Waals surface area contributed by atoms with E-state index >= 15 is 0 Å². The van der Waals surface area contributed by atoms with Crippen molar-refractivity contribution in [3.63, 3.8) is 0 Å². The molecule has 2 aromatic rings. The second-order valence-electron chi connectivity index (χ2n) is 5.36. The highest BCUT2D eigenvalue weighted by Crippen LogP contribution is 2.17. The van der Waals surface area contributed by atoms with Crippen LogP contribution in [-0.2, 0) is 0 Å². The molecule has 24 heavy (non-hydrogen) atoms. The zero-order valence-electron chi connectivity index (χ0n) is 14.1. The summed E-state index contributed by atoms with van der Waals surface area (Å²) >= 11 is 2.20. The van der Waals surface area contributed by atoms with Crippen LogP contribution in [0.5, 0.6) is 5.75 Å². The molecule has 0 bridgehead atoms. The van der Waals surface area contributed by atoms with E-state index in [-0.39, 0.29) is 5.91 Å². The fraction of sp³-hybridized carbons (Fsp3) is 0.316. The molecule has 0 spiro atoms. The fourth-order valence-corrected chi connectivity index (χ4v) is 2.84. The van der Waals surface area contributed by atoms with Crippen molar-refractivity contribution >= 4 is 34.2 Å². The number of amides is 1. The summed E-state index contributed by atoms with van der Waals surface area (Å²) in [6.45, 7) is 7.93.